The van der Waals surface area contributed by atoms with E-state index in [9.17, 15) is 0 Å². The molecular weight excluding hydrogens is 180 g/mol. The van der Waals surface area contributed by atoms with E-state index >= 15 is 0 Å². The zero-order chi connectivity index (χ0) is 11.1. The summed E-state index contributed by atoms with van der Waals surface area (Å²) in [6.45, 7) is 8.58. The molecule has 0 spiro atoms. The summed E-state index contributed by atoms with van der Waals surface area (Å²) in [5.74, 6) is 2.81. The average Bonchev–Trinajstić information content (AvgIpc) is 2.27. The first-order valence-electron chi connectivity index (χ1n) is 6.88. The highest BCUT2D eigenvalue weighted by molar-refractivity contribution is 4.78. The van der Waals surface area contributed by atoms with Gasteiger partial charge in [-0.1, -0.05) is 58.4 Å². The van der Waals surface area contributed by atoms with Crippen molar-refractivity contribution in [2.75, 3.05) is 0 Å². The topological polar surface area (TPSA) is 0 Å². The van der Waals surface area contributed by atoms with Gasteiger partial charge >= 0.3 is 0 Å². The molecule has 1 fully saturated rings. The van der Waals surface area contributed by atoms with Crippen LogP contribution in [0.4, 0.5) is 0 Å². The van der Waals surface area contributed by atoms with E-state index in [4.69, 9.17) is 0 Å². The molecule has 1 aliphatic carbocycles. The third kappa shape index (κ3) is 4.86. The summed E-state index contributed by atoms with van der Waals surface area (Å²) in [6, 6.07) is 0. The molecule has 1 rings (SSSR count). The van der Waals surface area contributed by atoms with Gasteiger partial charge in [0.25, 0.3) is 0 Å². The van der Waals surface area contributed by atoms with Gasteiger partial charge in [0.15, 0.2) is 0 Å². The van der Waals surface area contributed by atoms with Crippen molar-refractivity contribution >= 4 is 0 Å². The fraction of sp³-hybridized carbons (Fsp3) is 0.867. The van der Waals surface area contributed by atoms with Crippen LogP contribution in [0.3, 0.4) is 0 Å². The summed E-state index contributed by atoms with van der Waals surface area (Å²) in [7, 11) is 0. The summed E-state index contributed by atoms with van der Waals surface area (Å²) in [4.78, 5) is 0. The Morgan fingerprint density at radius 3 is 2.47 bits per heavy atom. The molecule has 0 aromatic carbocycles. The minimum absolute atomic E-state index is 0.771. The predicted octanol–water partition coefficient (Wildman–Crippen LogP) is 5.20. The molecule has 0 N–H and O–H groups in total. The molecule has 0 heterocycles. The van der Waals surface area contributed by atoms with Crippen molar-refractivity contribution in [1.82, 2.24) is 0 Å². The molecule has 0 aromatic rings. The first-order valence-corrected chi connectivity index (χ1v) is 6.88. The summed E-state index contributed by atoms with van der Waals surface area (Å²) in [6.07, 6.45) is 13.6. The SMILES string of the molecule is C=CC(CC)CCCC1CCC(C)CC1. The number of hydrogen-bond donors (Lipinski definition) is 0. The van der Waals surface area contributed by atoms with Gasteiger partial charge in [0.1, 0.15) is 0 Å². The first kappa shape index (κ1) is 12.8. The number of allylic oxidation sites excluding steroid dienone is 1. The van der Waals surface area contributed by atoms with E-state index in [1.54, 1.807) is 0 Å². The van der Waals surface area contributed by atoms with Gasteiger partial charge in [0.05, 0.1) is 0 Å². The second kappa shape index (κ2) is 7.09. The monoisotopic (exact) mass is 208 g/mol. The lowest BCUT2D eigenvalue weighted by Crippen LogP contribution is -2.12. The van der Waals surface area contributed by atoms with Crippen LogP contribution in [0.1, 0.15) is 65.2 Å². The maximum Gasteiger partial charge on any atom is -0.0239 e. The van der Waals surface area contributed by atoms with Crippen LogP contribution in [0.2, 0.25) is 0 Å². The third-order valence-electron chi connectivity index (χ3n) is 4.18. The maximum atomic E-state index is 3.91. The van der Waals surface area contributed by atoms with E-state index in [1.807, 2.05) is 0 Å². The molecule has 15 heavy (non-hydrogen) atoms. The molecule has 0 heteroatoms. The van der Waals surface area contributed by atoms with E-state index in [2.05, 4.69) is 26.5 Å². The Morgan fingerprint density at radius 1 is 1.27 bits per heavy atom. The van der Waals surface area contributed by atoms with Crippen LogP contribution >= 0.6 is 0 Å². The number of rotatable bonds is 6. The van der Waals surface area contributed by atoms with Crippen molar-refractivity contribution in [2.24, 2.45) is 17.8 Å². The van der Waals surface area contributed by atoms with Crippen molar-refractivity contribution in [3.8, 4) is 0 Å². The van der Waals surface area contributed by atoms with Crippen LogP contribution < -0.4 is 0 Å². The fourth-order valence-corrected chi connectivity index (χ4v) is 2.78. The largest absolute Gasteiger partial charge is 0.103 e. The quantitative estimate of drug-likeness (QED) is 0.527. The lowest BCUT2D eigenvalue weighted by Gasteiger charge is -2.26. The zero-order valence-corrected chi connectivity index (χ0v) is 10.7. The standard InChI is InChI=1S/C15H28/c1-4-14(5-2)7-6-8-15-11-9-13(3)10-12-15/h4,13-15H,1,5-12H2,2-3H3. The summed E-state index contributed by atoms with van der Waals surface area (Å²) < 4.78 is 0. The molecule has 0 bridgehead atoms. The molecular formula is C15H28. The van der Waals surface area contributed by atoms with Crippen LogP contribution in [0.25, 0.3) is 0 Å². The van der Waals surface area contributed by atoms with E-state index < -0.39 is 0 Å². The van der Waals surface area contributed by atoms with Crippen LogP contribution in [-0.4, -0.2) is 0 Å². The highest BCUT2D eigenvalue weighted by atomic mass is 14.2. The molecule has 0 radical (unpaired) electrons. The van der Waals surface area contributed by atoms with Crippen molar-refractivity contribution in [3.05, 3.63) is 12.7 Å². The van der Waals surface area contributed by atoms with Crippen molar-refractivity contribution < 1.29 is 0 Å². The van der Waals surface area contributed by atoms with Crippen molar-refractivity contribution in [3.63, 3.8) is 0 Å². The van der Waals surface area contributed by atoms with Gasteiger partial charge in [-0.05, 0) is 30.6 Å². The summed E-state index contributed by atoms with van der Waals surface area (Å²) in [5.41, 5.74) is 0. The summed E-state index contributed by atoms with van der Waals surface area (Å²) >= 11 is 0. The molecule has 0 nitrogen and oxygen atoms in total. The van der Waals surface area contributed by atoms with Gasteiger partial charge in [0, 0.05) is 0 Å². The van der Waals surface area contributed by atoms with Gasteiger partial charge in [-0.3, -0.25) is 0 Å². The summed E-state index contributed by atoms with van der Waals surface area (Å²) in [5, 5.41) is 0. The minimum atomic E-state index is 0.771. The molecule has 0 aliphatic heterocycles. The maximum absolute atomic E-state index is 3.91. The molecule has 0 saturated heterocycles. The second-order valence-electron chi connectivity index (χ2n) is 5.46. The van der Waals surface area contributed by atoms with Gasteiger partial charge in [0.2, 0.25) is 0 Å². The molecule has 1 aliphatic rings. The Bertz CT molecular complexity index is 163. The first-order chi connectivity index (χ1) is 7.26. The van der Waals surface area contributed by atoms with Crippen LogP contribution in [0.5, 0.6) is 0 Å². The predicted molar refractivity (Wildman–Crippen MR) is 69.0 cm³/mol. The highest BCUT2D eigenvalue weighted by Crippen LogP contribution is 2.31. The van der Waals surface area contributed by atoms with Crippen LogP contribution in [0, 0.1) is 17.8 Å². The molecule has 88 valence electrons. The van der Waals surface area contributed by atoms with Crippen LogP contribution in [-0.2, 0) is 0 Å². The van der Waals surface area contributed by atoms with Crippen LogP contribution in [0.15, 0.2) is 12.7 Å². The Hall–Kier alpha value is -0.260. The molecule has 1 saturated carbocycles. The van der Waals surface area contributed by atoms with E-state index in [0.717, 1.165) is 17.8 Å². The third-order valence-corrected chi connectivity index (χ3v) is 4.18. The molecule has 1 atom stereocenters. The van der Waals surface area contributed by atoms with E-state index in [-0.39, 0.29) is 0 Å². The van der Waals surface area contributed by atoms with Crippen molar-refractivity contribution in [2.45, 2.75) is 65.2 Å². The normalized spacial score (nSPS) is 28.7. The number of hydrogen-bond acceptors (Lipinski definition) is 0. The van der Waals surface area contributed by atoms with Gasteiger partial charge < -0.3 is 0 Å². The molecule has 0 aromatic heterocycles. The fourth-order valence-electron chi connectivity index (χ4n) is 2.78. The smallest absolute Gasteiger partial charge is 0.0239 e. The Kier molecular flexibility index (Phi) is 6.05. The van der Waals surface area contributed by atoms with Gasteiger partial charge in [-0.15, -0.1) is 6.58 Å². The van der Waals surface area contributed by atoms with Gasteiger partial charge in [-0.25, -0.2) is 0 Å². The van der Waals surface area contributed by atoms with Gasteiger partial charge in [-0.2, -0.15) is 0 Å². The Balaban J connectivity index is 2.07. The molecule has 1 unspecified atom stereocenters. The van der Waals surface area contributed by atoms with Crippen molar-refractivity contribution in [1.29, 1.82) is 0 Å². The van der Waals surface area contributed by atoms with E-state index in [0.29, 0.717) is 0 Å². The second-order valence-corrected chi connectivity index (χ2v) is 5.46. The lowest BCUT2D eigenvalue weighted by atomic mass is 9.80. The lowest BCUT2D eigenvalue weighted by molar-refractivity contribution is 0.269. The molecule has 0 amide bonds. The Labute approximate surface area is 96.2 Å². The van der Waals surface area contributed by atoms with E-state index in [1.165, 1.54) is 51.4 Å². The zero-order valence-electron chi connectivity index (χ0n) is 10.7. The highest BCUT2D eigenvalue weighted by Gasteiger charge is 2.17. The average molecular weight is 208 g/mol. The minimum Gasteiger partial charge on any atom is -0.103 e. The Morgan fingerprint density at radius 2 is 1.93 bits per heavy atom.